The molecule has 1 N–H and O–H groups in total. The van der Waals surface area contributed by atoms with Gasteiger partial charge < -0.3 is 19.6 Å². The summed E-state index contributed by atoms with van der Waals surface area (Å²) in [6.45, 7) is 7.71. The molecule has 0 unspecified atom stereocenters. The van der Waals surface area contributed by atoms with E-state index in [1.54, 1.807) is 29.2 Å². The van der Waals surface area contributed by atoms with Gasteiger partial charge in [0.1, 0.15) is 11.5 Å². The van der Waals surface area contributed by atoms with Crippen molar-refractivity contribution in [2.45, 2.75) is 26.8 Å². The van der Waals surface area contributed by atoms with Gasteiger partial charge in [0, 0.05) is 18.7 Å². The predicted molar refractivity (Wildman–Crippen MR) is 126 cm³/mol. The van der Waals surface area contributed by atoms with Crippen LogP contribution in [0.4, 0.5) is 0 Å². The molecule has 1 atom stereocenters. The van der Waals surface area contributed by atoms with E-state index in [1.807, 2.05) is 50.2 Å². The topological polar surface area (TPSA) is 70.1 Å². The number of benzene rings is 2. The first-order valence-corrected chi connectivity index (χ1v) is 10.9. The molecular weight excluding hydrogens is 404 g/mol. The Kier molecular flexibility index (Phi) is 7.36. The van der Waals surface area contributed by atoms with Crippen molar-refractivity contribution in [3.8, 4) is 5.75 Å². The molecule has 1 heterocycles. The third kappa shape index (κ3) is 5.19. The van der Waals surface area contributed by atoms with Gasteiger partial charge in [-0.3, -0.25) is 9.59 Å². The second-order valence-electron chi connectivity index (χ2n) is 8.94. The van der Waals surface area contributed by atoms with Gasteiger partial charge in [-0.15, -0.1) is 0 Å². The summed E-state index contributed by atoms with van der Waals surface area (Å²) in [5, 5.41) is 11.1. The van der Waals surface area contributed by atoms with Crippen LogP contribution in [0.5, 0.6) is 5.75 Å². The fourth-order valence-corrected chi connectivity index (χ4v) is 3.64. The molecule has 0 bridgehead atoms. The van der Waals surface area contributed by atoms with Gasteiger partial charge in [0.15, 0.2) is 0 Å². The summed E-state index contributed by atoms with van der Waals surface area (Å²) in [6, 6.07) is 14.0. The van der Waals surface area contributed by atoms with Gasteiger partial charge in [-0.2, -0.15) is 0 Å². The average Bonchev–Trinajstić information content (AvgIpc) is 3.01. The van der Waals surface area contributed by atoms with Crippen LogP contribution in [-0.2, 0) is 9.59 Å². The highest BCUT2D eigenvalue weighted by atomic mass is 16.5. The third-order valence-electron chi connectivity index (χ3n) is 5.43. The van der Waals surface area contributed by atoms with Crippen molar-refractivity contribution >= 4 is 17.4 Å². The van der Waals surface area contributed by atoms with Crippen LogP contribution >= 0.6 is 0 Å². The summed E-state index contributed by atoms with van der Waals surface area (Å²) in [7, 11) is 3.83. The number of aliphatic hydroxyl groups is 1. The maximum atomic E-state index is 13.0. The molecule has 6 heteroatoms. The molecular formula is C26H32N2O4. The van der Waals surface area contributed by atoms with Gasteiger partial charge in [0.05, 0.1) is 18.2 Å². The number of amides is 1. The van der Waals surface area contributed by atoms with Gasteiger partial charge in [0.2, 0.25) is 0 Å². The molecule has 1 fully saturated rings. The minimum absolute atomic E-state index is 0.119. The van der Waals surface area contributed by atoms with Crippen LogP contribution < -0.4 is 4.74 Å². The van der Waals surface area contributed by atoms with E-state index in [4.69, 9.17) is 4.74 Å². The molecule has 1 amide bonds. The van der Waals surface area contributed by atoms with Gasteiger partial charge in [-0.25, -0.2) is 0 Å². The van der Waals surface area contributed by atoms with E-state index < -0.39 is 17.7 Å². The number of hydrogen-bond donors (Lipinski definition) is 1. The maximum Gasteiger partial charge on any atom is 0.295 e. The van der Waals surface area contributed by atoms with Crippen molar-refractivity contribution in [2.75, 3.05) is 33.8 Å². The molecule has 0 aromatic heterocycles. The summed E-state index contributed by atoms with van der Waals surface area (Å²) in [4.78, 5) is 29.4. The minimum Gasteiger partial charge on any atom is -0.507 e. The van der Waals surface area contributed by atoms with E-state index in [0.29, 0.717) is 36.9 Å². The first-order chi connectivity index (χ1) is 15.2. The van der Waals surface area contributed by atoms with Crippen LogP contribution in [-0.4, -0.2) is 60.4 Å². The van der Waals surface area contributed by atoms with Crippen molar-refractivity contribution < 1.29 is 19.4 Å². The molecule has 170 valence electrons. The smallest absolute Gasteiger partial charge is 0.295 e. The summed E-state index contributed by atoms with van der Waals surface area (Å²) in [6.07, 6.45) is 0. The predicted octanol–water partition coefficient (Wildman–Crippen LogP) is 4.01. The first kappa shape index (κ1) is 23.5. The zero-order valence-electron chi connectivity index (χ0n) is 19.5. The minimum atomic E-state index is -0.660. The van der Waals surface area contributed by atoms with Gasteiger partial charge in [-0.1, -0.05) is 43.7 Å². The number of rotatable bonds is 8. The van der Waals surface area contributed by atoms with Crippen LogP contribution in [0.3, 0.4) is 0 Å². The lowest BCUT2D eigenvalue weighted by Crippen LogP contribution is -2.35. The molecule has 32 heavy (non-hydrogen) atoms. The standard InChI is InChI=1S/C26H32N2O4/c1-17(2)16-32-21-12-10-20(11-13-21)24(29)22-23(19-8-6-18(3)7-9-19)28(15-14-27(4)5)26(31)25(22)30/h6-13,17,23,29H,14-16H2,1-5H3/t23-/m0/s1. The van der Waals surface area contributed by atoms with Crippen LogP contribution in [0.2, 0.25) is 0 Å². The number of nitrogens with zero attached hydrogens (tertiary/aromatic N) is 2. The molecule has 2 aromatic rings. The Morgan fingerprint density at radius 1 is 1.06 bits per heavy atom. The van der Waals surface area contributed by atoms with Gasteiger partial charge in [0.25, 0.3) is 11.7 Å². The number of ether oxygens (including phenoxy) is 1. The van der Waals surface area contributed by atoms with Crippen molar-refractivity contribution in [3.63, 3.8) is 0 Å². The van der Waals surface area contributed by atoms with E-state index in [0.717, 1.165) is 11.1 Å². The van der Waals surface area contributed by atoms with Crippen molar-refractivity contribution in [3.05, 3.63) is 70.8 Å². The highest BCUT2D eigenvalue weighted by Gasteiger charge is 2.45. The van der Waals surface area contributed by atoms with E-state index in [1.165, 1.54) is 0 Å². The van der Waals surface area contributed by atoms with Crippen molar-refractivity contribution in [1.29, 1.82) is 0 Å². The molecule has 0 saturated carbocycles. The third-order valence-corrected chi connectivity index (χ3v) is 5.43. The normalized spacial score (nSPS) is 18.1. The Morgan fingerprint density at radius 3 is 2.25 bits per heavy atom. The quantitative estimate of drug-likeness (QED) is 0.385. The Labute approximate surface area is 190 Å². The Balaban J connectivity index is 2.02. The molecule has 1 aliphatic rings. The average molecular weight is 437 g/mol. The summed E-state index contributed by atoms with van der Waals surface area (Å²) in [5.74, 6) is -0.327. The molecule has 0 spiro atoms. The van der Waals surface area contributed by atoms with E-state index in [-0.39, 0.29) is 11.3 Å². The lowest BCUT2D eigenvalue weighted by Gasteiger charge is -2.26. The SMILES string of the molecule is Cc1ccc([C@H]2C(=C(O)c3ccc(OCC(C)C)cc3)C(=O)C(=O)N2CCN(C)C)cc1. The first-order valence-electron chi connectivity index (χ1n) is 10.9. The Bertz CT molecular complexity index is 991. The highest BCUT2D eigenvalue weighted by molar-refractivity contribution is 6.46. The number of hydrogen-bond acceptors (Lipinski definition) is 5. The molecule has 1 aliphatic heterocycles. The number of ketones is 1. The maximum absolute atomic E-state index is 13.0. The number of aryl methyl sites for hydroxylation is 1. The second kappa shape index (κ2) is 10.0. The van der Waals surface area contributed by atoms with E-state index >= 15 is 0 Å². The van der Waals surface area contributed by atoms with Crippen LogP contribution in [0.15, 0.2) is 54.1 Å². The number of aliphatic hydroxyl groups excluding tert-OH is 1. The molecule has 6 nitrogen and oxygen atoms in total. The van der Waals surface area contributed by atoms with Crippen molar-refractivity contribution in [1.82, 2.24) is 9.80 Å². The zero-order valence-corrected chi connectivity index (χ0v) is 19.5. The van der Waals surface area contributed by atoms with Crippen LogP contribution in [0.25, 0.3) is 5.76 Å². The zero-order chi connectivity index (χ0) is 23.4. The molecule has 0 radical (unpaired) electrons. The lowest BCUT2D eigenvalue weighted by molar-refractivity contribution is -0.140. The van der Waals surface area contributed by atoms with Gasteiger partial charge >= 0.3 is 0 Å². The summed E-state index contributed by atoms with van der Waals surface area (Å²) in [5.41, 5.74) is 2.47. The molecule has 1 saturated heterocycles. The number of likely N-dealkylation sites (N-methyl/N-ethyl adjacent to an activating group) is 1. The van der Waals surface area contributed by atoms with Gasteiger partial charge in [-0.05, 0) is 56.8 Å². The van der Waals surface area contributed by atoms with Crippen LogP contribution in [0.1, 0.15) is 36.6 Å². The molecule has 0 aliphatic carbocycles. The number of carbonyl (C=O) groups is 2. The summed E-state index contributed by atoms with van der Waals surface area (Å²) >= 11 is 0. The fourth-order valence-electron chi connectivity index (χ4n) is 3.64. The van der Waals surface area contributed by atoms with E-state index in [9.17, 15) is 14.7 Å². The fraction of sp³-hybridized carbons (Fsp3) is 0.385. The van der Waals surface area contributed by atoms with Crippen LogP contribution in [0, 0.1) is 12.8 Å². The number of carbonyl (C=O) groups excluding carboxylic acids is 2. The Morgan fingerprint density at radius 2 is 1.69 bits per heavy atom. The molecule has 2 aromatic carbocycles. The summed E-state index contributed by atoms with van der Waals surface area (Å²) < 4.78 is 5.71. The van der Waals surface area contributed by atoms with E-state index in [2.05, 4.69) is 13.8 Å². The monoisotopic (exact) mass is 436 g/mol. The number of likely N-dealkylation sites (tertiary alicyclic amines) is 1. The lowest BCUT2D eigenvalue weighted by atomic mass is 9.94. The number of Topliss-reactive ketones (excluding diaryl/α,β-unsaturated/α-hetero) is 1. The second-order valence-corrected chi connectivity index (χ2v) is 8.94. The highest BCUT2D eigenvalue weighted by Crippen LogP contribution is 2.39. The largest absolute Gasteiger partial charge is 0.507 e. The van der Waals surface area contributed by atoms with Crippen molar-refractivity contribution in [2.24, 2.45) is 5.92 Å². The molecule has 3 rings (SSSR count). The Hall–Kier alpha value is -3.12.